The highest BCUT2D eigenvalue weighted by Crippen LogP contribution is 2.19. The van der Waals surface area contributed by atoms with Crippen LogP contribution in [-0.4, -0.2) is 42.4 Å². The van der Waals surface area contributed by atoms with E-state index in [-0.39, 0.29) is 12.2 Å². The van der Waals surface area contributed by atoms with Crippen LogP contribution in [-0.2, 0) is 19.4 Å². The lowest BCUT2D eigenvalue weighted by Crippen LogP contribution is -2.48. The molecule has 1 fully saturated rings. The Hall–Kier alpha value is -1.11. The zero-order chi connectivity index (χ0) is 12.3. The summed E-state index contributed by atoms with van der Waals surface area (Å²) in [6.07, 6.45) is 1.53. The third kappa shape index (κ3) is 2.94. The van der Waals surface area contributed by atoms with Gasteiger partial charge in [0, 0.05) is 0 Å². The summed E-state index contributed by atoms with van der Waals surface area (Å²) in [5.74, 6) is -1.87. The molecule has 1 amide bonds. The van der Waals surface area contributed by atoms with Gasteiger partial charge in [0.1, 0.15) is 11.3 Å². The van der Waals surface area contributed by atoms with Crippen LogP contribution in [0.3, 0.4) is 0 Å². The summed E-state index contributed by atoms with van der Waals surface area (Å²) in [4.78, 5) is 22.1. The van der Waals surface area contributed by atoms with Crippen LogP contribution in [0.2, 0.25) is 0 Å². The Kier molecular flexibility index (Phi) is 3.90. The molecule has 16 heavy (non-hydrogen) atoms. The van der Waals surface area contributed by atoms with Crippen molar-refractivity contribution in [3.63, 3.8) is 0 Å². The van der Waals surface area contributed by atoms with E-state index in [0.717, 1.165) is 0 Å². The first-order chi connectivity index (χ1) is 7.34. The number of carboxylic acid groups (broad SMARTS) is 1. The van der Waals surface area contributed by atoms with Crippen LogP contribution in [0, 0.1) is 0 Å². The SMILES string of the molecule is C[C@@H](NC(=O)C1CCCCS1(=O)=O)C(=O)O. The van der Waals surface area contributed by atoms with Crippen LogP contribution in [0.15, 0.2) is 0 Å². The Morgan fingerprint density at radius 1 is 1.38 bits per heavy atom. The van der Waals surface area contributed by atoms with Crippen molar-refractivity contribution in [3.8, 4) is 0 Å². The van der Waals surface area contributed by atoms with Crippen molar-refractivity contribution in [2.24, 2.45) is 0 Å². The Balaban J connectivity index is 2.70. The lowest BCUT2D eigenvalue weighted by molar-refractivity contribution is -0.141. The summed E-state index contributed by atoms with van der Waals surface area (Å²) < 4.78 is 23.1. The lowest BCUT2D eigenvalue weighted by Gasteiger charge is -2.22. The van der Waals surface area contributed by atoms with E-state index < -0.39 is 33.0 Å². The second-order valence-electron chi connectivity index (χ2n) is 3.92. The fourth-order valence-corrected chi connectivity index (χ4v) is 3.43. The summed E-state index contributed by atoms with van der Waals surface area (Å²) in [5, 5.41) is 9.70. The average Bonchev–Trinajstić information content (AvgIpc) is 2.16. The van der Waals surface area contributed by atoms with Crippen molar-refractivity contribution in [2.45, 2.75) is 37.5 Å². The molecule has 0 aromatic carbocycles. The topological polar surface area (TPSA) is 101 Å². The Morgan fingerprint density at radius 3 is 2.50 bits per heavy atom. The van der Waals surface area contributed by atoms with E-state index in [1.165, 1.54) is 6.92 Å². The maximum absolute atomic E-state index is 11.6. The van der Waals surface area contributed by atoms with Crippen molar-refractivity contribution in [3.05, 3.63) is 0 Å². The van der Waals surface area contributed by atoms with Crippen molar-refractivity contribution in [2.75, 3.05) is 5.75 Å². The number of hydrogen-bond acceptors (Lipinski definition) is 4. The molecule has 1 aliphatic heterocycles. The molecule has 0 aromatic heterocycles. The number of amides is 1. The van der Waals surface area contributed by atoms with E-state index >= 15 is 0 Å². The normalized spacial score (nSPS) is 25.7. The molecule has 0 aliphatic carbocycles. The van der Waals surface area contributed by atoms with Gasteiger partial charge in [0.25, 0.3) is 0 Å². The fraction of sp³-hybridized carbons (Fsp3) is 0.778. The summed E-state index contributed by atoms with van der Waals surface area (Å²) in [5.41, 5.74) is 0. The molecule has 1 unspecified atom stereocenters. The summed E-state index contributed by atoms with van der Waals surface area (Å²) >= 11 is 0. The first kappa shape index (κ1) is 13.0. The maximum atomic E-state index is 11.6. The number of sulfone groups is 1. The molecule has 1 heterocycles. The first-order valence-electron chi connectivity index (χ1n) is 5.09. The number of carboxylic acids is 1. The minimum atomic E-state index is -3.40. The average molecular weight is 249 g/mol. The van der Waals surface area contributed by atoms with Crippen LogP contribution in [0.1, 0.15) is 26.2 Å². The fourth-order valence-electron chi connectivity index (χ4n) is 1.62. The Morgan fingerprint density at radius 2 is 2.00 bits per heavy atom. The van der Waals surface area contributed by atoms with E-state index in [0.29, 0.717) is 12.8 Å². The van der Waals surface area contributed by atoms with Crippen molar-refractivity contribution in [1.29, 1.82) is 0 Å². The standard InChI is InChI=1S/C9H15NO5S/c1-6(9(12)13)10-8(11)7-4-2-3-5-16(7,14)15/h6-7H,2-5H2,1H3,(H,10,11)(H,12,13)/t6-,7?/m1/s1. The molecule has 1 aliphatic rings. The molecule has 1 rings (SSSR count). The number of aliphatic carboxylic acids is 1. The number of carbonyl (C=O) groups excluding carboxylic acids is 1. The lowest BCUT2D eigenvalue weighted by atomic mass is 10.1. The minimum absolute atomic E-state index is 0.00649. The van der Waals surface area contributed by atoms with Gasteiger partial charge >= 0.3 is 5.97 Å². The highest BCUT2D eigenvalue weighted by molar-refractivity contribution is 7.92. The van der Waals surface area contributed by atoms with Gasteiger partial charge in [-0.15, -0.1) is 0 Å². The van der Waals surface area contributed by atoms with Crippen molar-refractivity contribution < 1.29 is 23.1 Å². The van der Waals surface area contributed by atoms with Gasteiger partial charge in [0.2, 0.25) is 5.91 Å². The van der Waals surface area contributed by atoms with Gasteiger partial charge in [0.15, 0.2) is 9.84 Å². The highest BCUT2D eigenvalue weighted by Gasteiger charge is 2.35. The minimum Gasteiger partial charge on any atom is -0.480 e. The van der Waals surface area contributed by atoms with E-state index in [4.69, 9.17) is 5.11 Å². The van der Waals surface area contributed by atoms with Crippen LogP contribution in [0.5, 0.6) is 0 Å². The van der Waals surface area contributed by atoms with E-state index in [1.807, 2.05) is 0 Å². The molecular weight excluding hydrogens is 234 g/mol. The van der Waals surface area contributed by atoms with Gasteiger partial charge in [-0.05, 0) is 19.8 Å². The van der Waals surface area contributed by atoms with E-state index in [1.54, 1.807) is 0 Å². The number of nitrogens with one attached hydrogen (secondary N) is 1. The van der Waals surface area contributed by atoms with Gasteiger partial charge in [-0.3, -0.25) is 9.59 Å². The van der Waals surface area contributed by atoms with Crippen molar-refractivity contribution in [1.82, 2.24) is 5.32 Å². The van der Waals surface area contributed by atoms with Crippen LogP contribution in [0.25, 0.3) is 0 Å². The second kappa shape index (κ2) is 4.82. The maximum Gasteiger partial charge on any atom is 0.325 e. The van der Waals surface area contributed by atoms with E-state index in [2.05, 4.69) is 5.32 Å². The zero-order valence-electron chi connectivity index (χ0n) is 8.97. The summed E-state index contributed by atoms with van der Waals surface area (Å²) in [6.45, 7) is 1.30. The molecule has 92 valence electrons. The molecule has 0 aromatic rings. The third-order valence-corrected chi connectivity index (χ3v) is 4.77. The second-order valence-corrected chi connectivity index (χ2v) is 6.22. The first-order valence-corrected chi connectivity index (χ1v) is 6.81. The van der Waals surface area contributed by atoms with Crippen LogP contribution >= 0.6 is 0 Å². The molecule has 1 saturated heterocycles. The third-order valence-electron chi connectivity index (χ3n) is 2.60. The number of rotatable bonds is 3. The molecule has 0 saturated carbocycles. The van der Waals surface area contributed by atoms with Gasteiger partial charge in [0.05, 0.1) is 5.75 Å². The number of carbonyl (C=O) groups is 2. The molecule has 7 heteroatoms. The molecular formula is C9H15NO5S. The monoisotopic (exact) mass is 249 g/mol. The predicted molar refractivity (Wildman–Crippen MR) is 56.7 cm³/mol. The molecule has 0 radical (unpaired) electrons. The molecule has 2 N–H and O–H groups in total. The molecule has 0 spiro atoms. The predicted octanol–water partition coefficient (Wildman–Crippen LogP) is -0.457. The summed E-state index contributed by atoms with van der Waals surface area (Å²) in [6, 6.07) is -1.07. The summed E-state index contributed by atoms with van der Waals surface area (Å²) in [7, 11) is -3.40. The molecule has 2 atom stereocenters. The van der Waals surface area contributed by atoms with Gasteiger partial charge in [-0.1, -0.05) is 6.42 Å². The van der Waals surface area contributed by atoms with E-state index in [9.17, 15) is 18.0 Å². The smallest absolute Gasteiger partial charge is 0.325 e. The highest BCUT2D eigenvalue weighted by atomic mass is 32.2. The Bertz CT molecular complexity index is 389. The largest absolute Gasteiger partial charge is 0.480 e. The molecule has 6 nitrogen and oxygen atoms in total. The molecule has 0 bridgehead atoms. The van der Waals surface area contributed by atoms with Crippen LogP contribution in [0.4, 0.5) is 0 Å². The van der Waals surface area contributed by atoms with Gasteiger partial charge in [-0.2, -0.15) is 0 Å². The van der Waals surface area contributed by atoms with Gasteiger partial charge in [-0.25, -0.2) is 8.42 Å². The zero-order valence-corrected chi connectivity index (χ0v) is 9.79. The number of hydrogen-bond donors (Lipinski definition) is 2. The van der Waals surface area contributed by atoms with Gasteiger partial charge < -0.3 is 10.4 Å². The van der Waals surface area contributed by atoms with Crippen LogP contribution < -0.4 is 5.32 Å². The quantitative estimate of drug-likeness (QED) is 0.705. The Labute approximate surface area is 93.9 Å². The van der Waals surface area contributed by atoms with Crippen molar-refractivity contribution >= 4 is 21.7 Å².